The highest BCUT2D eigenvalue weighted by molar-refractivity contribution is 7.89. The van der Waals surface area contributed by atoms with Crippen molar-refractivity contribution in [1.29, 1.82) is 0 Å². The molecule has 1 aliphatic heterocycles. The van der Waals surface area contributed by atoms with Crippen molar-refractivity contribution in [3.8, 4) is 0 Å². The van der Waals surface area contributed by atoms with Gasteiger partial charge in [-0.1, -0.05) is 12.8 Å². The molecule has 1 aliphatic carbocycles. The number of aliphatic hydroxyl groups is 1. The number of furan rings is 1. The zero-order valence-electron chi connectivity index (χ0n) is 11.5. The van der Waals surface area contributed by atoms with Gasteiger partial charge in [-0.25, -0.2) is 8.42 Å². The van der Waals surface area contributed by atoms with Crippen LogP contribution in [0.15, 0.2) is 21.6 Å². The summed E-state index contributed by atoms with van der Waals surface area (Å²) in [5.74, 6) is 0.285. The van der Waals surface area contributed by atoms with E-state index in [-0.39, 0.29) is 17.5 Å². The fourth-order valence-corrected chi connectivity index (χ4v) is 4.91. The number of nitrogens with zero attached hydrogens (tertiary/aromatic N) is 1. The van der Waals surface area contributed by atoms with Gasteiger partial charge in [0, 0.05) is 13.1 Å². The van der Waals surface area contributed by atoms with E-state index in [9.17, 15) is 8.42 Å². The molecule has 0 unspecified atom stereocenters. The molecule has 3 rings (SSSR count). The minimum atomic E-state index is -3.54. The molecule has 0 aromatic carbocycles. The van der Waals surface area contributed by atoms with Crippen LogP contribution in [0.25, 0.3) is 0 Å². The molecular weight excluding hydrogens is 278 g/mol. The van der Waals surface area contributed by atoms with Crippen molar-refractivity contribution in [3.05, 3.63) is 17.9 Å². The Morgan fingerprint density at radius 2 is 1.80 bits per heavy atom. The van der Waals surface area contributed by atoms with E-state index in [1.54, 1.807) is 0 Å². The smallest absolute Gasteiger partial charge is 0.276 e. The Morgan fingerprint density at radius 3 is 2.35 bits per heavy atom. The van der Waals surface area contributed by atoms with Gasteiger partial charge in [-0.05, 0) is 43.2 Å². The predicted molar refractivity (Wildman–Crippen MR) is 73.5 cm³/mol. The fraction of sp³-hybridized carbons (Fsp3) is 0.714. The van der Waals surface area contributed by atoms with E-state index in [0.29, 0.717) is 18.5 Å². The van der Waals surface area contributed by atoms with Crippen LogP contribution in [0.1, 0.15) is 44.3 Å². The van der Waals surface area contributed by atoms with E-state index in [1.807, 2.05) is 0 Å². The van der Waals surface area contributed by atoms with Crippen LogP contribution in [-0.4, -0.2) is 30.9 Å². The Hall–Kier alpha value is -0.850. The lowest BCUT2D eigenvalue weighted by molar-refractivity contribution is 0.158. The average Bonchev–Trinajstić information content (AvgIpc) is 3.09. The SMILES string of the molecule is O=S(=O)(c1ccc(CO)o1)N1CCC2(CCCC2)CC1. The number of rotatable bonds is 3. The van der Waals surface area contributed by atoms with Gasteiger partial charge < -0.3 is 9.52 Å². The van der Waals surface area contributed by atoms with Crippen molar-refractivity contribution in [2.45, 2.75) is 50.2 Å². The summed E-state index contributed by atoms with van der Waals surface area (Å²) in [6.07, 6.45) is 6.97. The average molecular weight is 299 g/mol. The third-order valence-electron chi connectivity index (χ3n) is 4.83. The summed E-state index contributed by atoms with van der Waals surface area (Å²) in [4.78, 5) is 0. The first-order valence-electron chi connectivity index (χ1n) is 7.26. The van der Waals surface area contributed by atoms with Gasteiger partial charge in [0.2, 0.25) is 5.09 Å². The summed E-state index contributed by atoms with van der Waals surface area (Å²) in [6.45, 7) is 0.883. The molecule has 0 radical (unpaired) electrons. The molecule has 20 heavy (non-hydrogen) atoms. The van der Waals surface area contributed by atoms with Crippen LogP contribution in [0, 0.1) is 5.41 Å². The van der Waals surface area contributed by atoms with E-state index in [4.69, 9.17) is 9.52 Å². The molecular formula is C14H21NO4S. The highest BCUT2D eigenvalue weighted by Crippen LogP contribution is 2.46. The number of aliphatic hydroxyl groups excluding tert-OH is 1. The van der Waals surface area contributed by atoms with Gasteiger partial charge in [0.1, 0.15) is 12.4 Å². The van der Waals surface area contributed by atoms with Crippen LogP contribution in [0.3, 0.4) is 0 Å². The van der Waals surface area contributed by atoms with E-state index >= 15 is 0 Å². The van der Waals surface area contributed by atoms with Gasteiger partial charge >= 0.3 is 0 Å². The molecule has 6 heteroatoms. The van der Waals surface area contributed by atoms with Crippen molar-refractivity contribution < 1.29 is 17.9 Å². The van der Waals surface area contributed by atoms with Gasteiger partial charge in [-0.3, -0.25) is 0 Å². The first kappa shape index (κ1) is 14.1. The molecule has 0 bridgehead atoms. The lowest BCUT2D eigenvalue weighted by Crippen LogP contribution is -2.42. The van der Waals surface area contributed by atoms with Crippen molar-refractivity contribution in [3.63, 3.8) is 0 Å². The second kappa shape index (κ2) is 5.16. The maximum Gasteiger partial charge on any atom is 0.276 e. The lowest BCUT2D eigenvalue weighted by Gasteiger charge is -2.38. The molecule has 1 N–H and O–H groups in total. The van der Waals surface area contributed by atoms with Gasteiger partial charge in [-0.2, -0.15) is 4.31 Å². The van der Waals surface area contributed by atoms with Crippen molar-refractivity contribution in [2.24, 2.45) is 5.41 Å². The lowest BCUT2D eigenvalue weighted by atomic mass is 9.78. The van der Waals surface area contributed by atoms with E-state index in [0.717, 1.165) is 12.8 Å². The summed E-state index contributed by atoms with van der Waals surface area (Å²) in [7, 11) is -3.54. The fourth-order valence-electron chi connectivity index (χ4n) is 3.53. The topological polar surface area (TPSA) is 70.8 Å². The molecule has 2 heterocycles. The molecule has 1 saturated carbocycles. The molecule has 0 amide bonds. The van der Waals surface area contributed by atoms with Gasteiger partial charge in [0.05, 0.1) is 0 Å². The zero-order chi connectivity index (χ0) is 14.2. The van der Waals surface area contributed by atoms with E-state index in [1.165, 1.54) is 42.1 Å². The number of piperidine rings is 1. The minimum Gasteiger partial charge on any atom is -0.446 e. The maximum absolute atomic E-state index is 12.5. The monoisotopic (exact) mass is 299 g/mol. The van der Waals surface area contributed by atoms with Crippen LogP contribution >= 0.6 is 0 Å². The third kappa shape index (κ3) is 2.40. The number of sulfonamides is 1. The Balaban J connectivity index is 1.73. The highest BCUT2D eigenvalue weighted by atomic mass is 32.2. The normalized spacial score (nSPS) is 23.4. The number of hydrogen-bond acceptors (Lipinski definition) is 4. The molecule has 1 aromatic rings. The third-order valence-corrected chi connectivity index (χ3v) is 6.61. The number of hydrogen-bond donors (Lipinski definition) is 1. The summed E-state index contributed by atoms with van der Waals surface area (Å²) in [5.41, 5.74) is 0.394. The van der Waals surface area contributed by atoms with Crippen LogP contribution in [-0.2, 0) is 16.6 Å². The van der Waals surface area contributed by atoms with Crippen molar-refractivity contribution >= 4 is 10.0 Å². The molecule has 0 atom stereocenters. The largest absolute Gasteiger partial charge is 0.446 e. The molecule has 1 spiro atoms. The van der Waals surface area contributed by atoms with E-state index < -0.39 is 10.0 Å². The molecule has 2 aliphatic rings. The Morgan fingerprint density at radius 1 is 1.15 bits per heavy atom. The Bertz CT molecular complexity index is 562. The molecule has 1 aromatic heterocycles. The van der Waals surface area contributed by atoms with Crippen molar-refractivity contribution in [2.75, 3.05) is 13.1 Å². The van der Waals surface area contributed by atoms with Crippen LogP contribution in [0.5, 0.6) is 0 Å². The molecule has 5 nitrogen and oxygen atoms in total. The first-order valence-corrected chi connectivity index (χ1v) is 8.70. The predicted octanol–water partition coefficient (Wildman–Crippen LogP) is 2.12. The highest BCUT2D eigenvalue weighted by Gasteiger charge is 2.40. The first-order chi connectivity index (χ1) is 9.56. The van der Waals surface area contributed by atoms with Crippen LogP contribution in [0.2, 0.25) is 0 Å². The van der Waals surface area contributed by atoms with Crippen LogP contribution in [0.4, 0.5) is 0 Å². The van der Waals surface area contributed by atoms with Crippen LogP contribution < -0.4 is 0 Å². The molecule has 1 saturated heterocycles. The second-order valence-corrected chi connectivity index (χ2v) is 7.86. The minimum absolute atomic E-state index is 0.0519. The Kier molecular flexibility index (Phi) is 3.64. The van der Waals surface area contributed by atoms with Gasteiger partial charge in [0.15, 0.2) is 0 Å². The van der Waals surface area contributed by atoms with Gasteiger partial charge in [-0.15, -0.1) is 0 Å². The summed E-state index contributed by atoms with van der Waals surface area (Å²) in [5, 5.41) is 8.91. The standard InChI is InChI=1S/C14H21NO4S/c16-11-12-3-4-13(19-12)20(17,18)15-9-7-14(8-10-15)5-1-2-6-14/h3-4,16H,1-2,5-11H2. The molecule has 112 valence electrons. The van der Waals surface area contributed by atoms with E-state index in [2.05, 4.69) is 0 Å². The summed E-state index contributed by atoms with van der Waals surface area (Å²) in [6, 6.07) is 2.94. The second-order valence-electron chi connectivity index (χ2n) is 5.99. The quantitative estimate of drug-likeness (QED) is 0.928. The Labute approximate surface area is 119 Å². The summed E-state index contributed by atoms with van der Waals surface area (Å²) < 4.78 is 31.7. The maximum atomic E-state index is 12.5. The zero-order valence-corrected chi connectivity index (χ0v) is 12.4. The molecule has 2 fully saturated rings. The summed E-state index contributed by atoms with van der Waals surface area (Å²) >= 11 is 0. The van der Waals surface area contributed by atoms with Crippen molar-refractivity contribution in [1.82, 2.24) is 4.31 Å². The van der Waals surface area contributed by atoms with Gasteiger partial charge in [0.25, 0.3) is 10.0 Å².